The van der Waals surface area contributed by atoms with E-state index < -0.39 is 4.92 Å². The summed E-state index contributed by atoms with van der Waals surface area (Å²) >= 11 is 0. The number of benzene rings is 1. The summed E-state index contributed by atoms with van der Waals surface area (Å²) in [4.78, 5) is 19.9. The number of furan rings is 1. The minimum absolute atomic E-state index is 0.0845. The number of nitro benzene ring substituents is 1. The predicted octanol–water partition coefficient (Wildman–Crippen LogP) is 2.91. The monoisotopic (exact) mass is 251 g/mol. The number of hydrogen-bond donors (Lipinski definition) is 0. The van der Waals surface area contributed by atoms with Gasteiger partial charge in [0.05, 0.1) is 23.2 Å². The van der Waals surface area contributed by atoms with Gasteiger partial charge >= 0.3 is 5.97 Å². The number of carbonyl (C=O) groups is 1. The molecule has 0 atom stereocenters. The lowest BCUT2D eigenvalue weighted by Gasteiger charge is -1.90. The minimum atomic E-state index is -0.419. The quantitative estimate of drug-likeness (QED) is 0.465. The van der Waals surface area contributed by atoms with E-state index in [0.29, 0.717) is 17.6 Å². The molecule has 1 aromatic heterocycles. The molecule has 0 fully saturated rings. The van der Waals surface area contributed by atoms with E-state index in [1.54, 1.807) is 25.1 Å². The van der Waals surface area contributed by atoms with Crippen LogP contribution in [0.25, 0.3) is 11.0 Å². The molecule has 2 aromatic rings. The smallest absolute Gasteiger partial charge is 0.302 e. The van der Waals surface area contributed by atoms with Crippen LogP contribution in [-0.2, 0) is 9.53 Å². The zero-order valence-electron chi connectivity index (χ0n) is 10.1. The van der Waals surface area contributed by atoms with E-state index in [0.717, 1.165) is 0 Å². The molecular weight excluding hydrogens is 238 g/mol. The molecule has 18 heavy (non-hydrogen) atoms. The summed E-state index contributed by atoms with van der Waals surface area (Å²) in [5.74, 6) is -0.211. The van der Waals surface area contributed by atoms with Crippen LogP contribution in [0.3, 0.4) is 0 Å². The largest absolute Gasteiger partial charge is 0.466 e. The van der Waals surface area contributed by atoms with Gasteiger partial charge in [-0.05, 0) is 19.1 Å². The van der Waals surface area contributed by atoms with Crippen LogP contribution in [-0.4, -0.2) is 17.5 Å². The lowest BCUT2D eigenvalue weighted by atomic mass is 10.2. The molecule has 0 aliphatic carbocycles. The van der Waals surface area contributed by atoms with E-state index in [9.17, 15) is 14.9 Å². The second-order valence-corrected chi connectivity index (χ2v) is 3.29. The van der Waals surface area contributed by atoms with Gasteiger partial charge in [0.25, 0.3) is 5.69 Å². The molecule has 0 bridgehead atoms. The Morgan fingerprint density at radius 1 is 1.44 bits per heavy atom. The molecular formula is C12H13NO5. The maximum Gasteiger partial charge on any atom is 0.302 e. The topological polar surface area (TPSA) is 82.6 Å². The highest BCUT2D eigenvalue weighted by Gasteiger charge is 2.11. The van der Waals surface area contributed by atoms with Crippen molar-refractivity contribution in [3.63, 3.8) is 0 Å². The molecule has 0 radical (unpaired) electrons. The van der Waals surface area contributed by atoms with Gasteiger partial charge in [0.1, 0.15) is 5.58 Å². The first-order chi connectivity index (χ1) is 8.56. The van der Waals surface area contributed by atoms with E-state index in [-0.39, 0.29) is 11.7 Å². The average molecular weight is 251 g/mol. The molecule has 6 nitrogen and oxygen atoms in total. The van der Waals surface area contributed by atoms with Gasteiger partial charge in [-0.2, -0.15) is 0 Å². The fraction of sp³-hybridized carbons (Fsp3) is 0.250. The first-order valence-electron chi connectivity index (χ1n) is 5.30. The first-order valence-corrected chi connectivity index (χ1v) is 5.30. The Balaban J connectivity index is 0.000000232. The number of rotatable bonds is 2. The van der Waals surface area contributed by atoms with Crippen molar-refractivity contribution in [1.82, 2.24) is 0 Å². The molecule has 0 aliphatic heterocycles. The van der Waals surface area contributed by atoms with Gasteiger partial charge in [-0.25, -0.2) is 0 Å². The van der Waals surface area contributed by atoms with E-state index in [1.165, 1.54) is 19.3 Å². The average Bonchev–Trinajstić information content (AvgIpc) is 2.76. The van der Waals surface area contributed by atoms with Gasteiger partial charge in [-0.1, -0.05) is 6.07 Å². The third kappa shape index (κ3) is 3.58. The van der Waals surface area contributed by atoms with Crippen LogP contribution in [0.1, 0.15) is 13.8 Å². The van der Waals surface area contributed by atoms with Gasteiger partial charge in [-0.15, -0.1) is 0 Å². The van der Waals surface area contributed by atoms with E-state index >= 15 is 0 Å². The summed E-state index contributed by atoms with van der Waals surface area (Å²) in [6, 6.07) is 6.34. The van der Waals surface area contributed by atoms with Crippen LogP contribution >= 0.6 is 0 Å². The number of fused-ring (bicyclic) bond motifs is 1. The molecule has 1 heterocycles. The Bertz CT molecular complexity index is 546. The summed E-state index contributed by atoms with van der Waals surface area (Å²) in [6.45, 7) is 3.65. The molecule has 96 valence electrons. The van der Waals surface area contributed by atoms with Crippen LogP contribution in [0.15, 0.2) is 34.9 Å². The normalized spacial score (nSPS) is 9.44. The Morgan fingerprint density at radius 2 is 2.17 bits per heavy atom. The van der Waals surface area contributed by atoms with Gasteiger partial charge in [-0.3, -0.25) is 14.9 Å². The van der Waals surface area contributed by atoms with Crippen LogP contribution in [0.5, 0.6) is 0 Å². The van der Waals surface area contributed by atoms with Crippen molar-refractivity contribution in [2.24, 2.45) is 0 Å². The Kier molecular flexibility index (Phi) is 4.86. The maximum atomic E-state index is 10.5. The van der Waals surface area contributed by atoms with Crippen molar-refractivity contribution in [2.45, 2.75) is 13.8 Å². The summed E-state index contributed by atoms with van der Waals surface area (Å²) in [6.07, 6.45) is 1.44. The molecule has 0 spiro atoms. The van der Waals surface area contributed by atoms with Crippen molar-refractivity contribution < 1.29 is 18.9 Å². The first kappa shape index (κ1) is 13.7. The number of nitrogens with zero attached hydrogens (tertiary/aromatic N) is 1. The fourth-order valence-corrected chi connectivity index (χ4v) is 1.34. The molecule has 0 saturated heterocycles. The van der Waals surface area contributed by atoms with Gasteiger partial charge < -0.3 is 9.15 Å². The summed E-state index contributed by atoms with van der Waals surface area (Å²) in [5, 5.41) is 11.0. The van der Waals surface area contributed by atoms with E-state index in [1.807, 2.05) is 0 Å². The van der Waals surface area contributed by atoms with Crippen molar-refractivity contribution >= 4 is 22.6 Å². The second-order valence-electron chi connectivity index (χ2n) is 3.29. The second kappa shape index (κ2) is 6.39. The Labute approximate surface area is 103 Å². The molecule has 1 aromatic carbocycles. The maximum absolute atomic E-state index is 10.5. The highest BCUT2D eigenvalue weighted by Crippen LogP contribution is 2.25. The van der Waals surface area contributed by atoms with Gasteiger partial charge in [0.2, 0.25) is 0 Å². The van der Waals surface area contributed by atoms with E-state index in [4.69, 9.17) is 4.42 Å². The third-order valence-corrected chi connectivity index (χ3v) is 2.02. The number of esters is 1. The highest BCUT2D eigenvalue weighted by atomic mass is 16.6. The van der Waals surface area contributed by atoms with Gasteiger partial charge in [0, 0.05) is 13.0 Å². The van der Waals surface area contributed by atoms with E-state index in [2.05, 4.69) is 4.74 Å². The molecule has 0 aliphatic rings. The molecule has 0 amide bonds. The Hall–Kier alpha value is -2.37. The lowest BCUT2D eigenvalue weighted by molar-refractivity contribution is -0.383. The third-order valence-electron chi connectivity index (χ3n) is 2.02. The molecule has 2 rings (SSSR count). The summed E-state index contributed by atoms with van der Waals surface area (Å²) < 4.78 is 9.41. The molecule has 0 unspecified atom stereocenters. The summed E-state index contributed by atoms with van der Waals surface area (Å²) in [5.41, 5.74) is 0.630. The number of hydrogen-bond acceptors (Lipinski definition) is 5. The van der Waals surface area contributed by atoms with Crippen LogP contribution < -0.4 is 0 Å². The molecule has 0 saturated carbocycles. The van der Waals surface area contributed by atoms with Gasteiger partial charge in [0.15, 0.2) is 0 Å². The molecule has 0 N–H and O–H groups in total. The SMILES string of the molecule is CCOC(C)=O.O=[N+]([O-])c1cccc2occc12. The highest BCUT2D eigenvalue weighted by molar-refractivity contribution is 5.86. The molecule has 6 heteroatoms. The lowest BCUT2D eigenvalue weighted by Crippen LogP contribution is -1.95. The number of non-ortho nitro benzene ring substituents is 1. The van der Waals surface area contributed by atoms with Crippen molar-refractivity contribution in [1.29, 1.82) is 0 Å². The predicted molar refractivity (Wildman–Crippen MR) is 65.2 cm³/mol. The van der Waals surface area contributed by atoms with Crippen molar-refractivity contribution in [2.75, 3.05) is 6.61 Å². The Morgan fingerprint density at radius 3 is 2.67 bits per heavy atom. The van der Waals surface area contributed by atoms with Crippen LogP contribution in [0.2, 0.25) is 0 Å². The van der Waals surface area contributed by atoms with Crippen LogP contribution in [0, 0.1) is 10.1 Å². The number of ether oxygens (including phenoxy) is 1. The fourth-order valence-electron chi connectivity index (χ4n) is 1.34. The summed E-state index contributed by atoms with van der Waals surface area (Å²) in [7, 11) is 0. The zero-order chi connectivity index (χ0) is 13.5. The number of carbonyl (C=O) groups excluding carboxylic acids is 1. The van der Waals surface area contributed by atoms with Crippen molar-refractivity contribution in [3.8, 4) is 0 Å². The van der Waals surface area contributed by atoms with Crippen LogP contribution in [0.4, 0.5) is 5.69 Å². The van der Waals surface area contributed by atoms with Crippen molar-refractivity contribution in [3.05, 3.63) is 40.6 Å². The standard InChI is InChI=1S/C8H5NO3.C4H8O2/c10-9(11)7-2-1-3-8-6(7)4-5-12-8;1-3-6-4(2)5/h1-5H;3H2,1-2H3. The minimum Gasteiger partial charge on any atom is -0.466 e. The number of nitro groups is 1. The zero-order valence-corrected chi connectivity index (χ0v) is 10.1.